The molecule has 0 bridgehead atoms. The minimum absolute atomic E-state index is 0.490. The van der Waals surface area contributed by atoms with Crippen LogP contribution in [-0.2, 0) is 10.2 Å². The lowest BCUT2D eigenvalue weighted by molar-refractivity contribution is -0.143. The molecule has 2 aromatic rings. The molecule has 0 saturated heterocycles. The van der Waals surface area contributed by atoms with Crippen molar-refractivity contribution in [2.75, 3.05) is 0 Å². The number of aliphatic carboxylic acids is 1. The molecule has 0 fully saturated rings. The minimum atomic E-state index is -0.995. The monoisotopic (exact) mass is 218 g/mol. The summed E-state index contributed by atoms with van der Waals surface area (Å²) in [5.41, 5.74) is 0.794. The molecule has 3 nitrogen and oxygen atoms in total. The third kappa shape index (κ3) is 1.48. The molecule has 0 unspecified atom stereocenters. The summed E-state index contributed by atoms with van der Waals surface area (Å²) in [5, 5.41) is 10.1. The van der Waals surface area contributed by atoms with Crippen molar-refractivity contribution in [1.82, 2.24) is 0 Å². The molecule has 0 radical (unpaired) electrons. The van der Waals surface area contributed by atoms with E-state index in [1.54, 1.807) is 19.9 Å². The number of fused-ring (bicyclic) bond motifs is 1. The molecule has 2 rings (SSSR count). The average molecular weight is 218 g/mol. The van der Waals surface area contributed by atoms with Gasteiger partial charge in [0.05, 0.1) is 0 Å². The lowest BCUT2D eigenvalue weighted by Gasteiger charge is -2.15. The smallest absolute Gasteiger partial charge is 0.316 e. The van der Waals surface area contributed by atoms with Crippen molar-refractivity contribution < 1.29 is 14.3 Å². The highest BCUT2D eigenvalue weighted by Crippen LogP contribution is 2.31. The first-order valence-electron chi connectivity index (χ1n) is 5.16. The standard InChI is InChI=1S/C13H14O3/c1-8-5-4-6-9-7-10(16-11(8)9)13(2,3)12(14)15/h4-7H,1-3H3,(H,14,15). The van der Waals surface area contributed by atoms with Crippen LogP contribution in [0.5, 0.6) is 0 Å². The highest BCUT2D eigenvalue weighted by atomic mass is 16.4. The molecule has 0 amide bonds. The van der Waals surface area contributed by atoms with Gasteiger partial charge in [-0.2, -0.15) is 0 Å². The number of rotatable bonds is 2. The van der Waals surface area contributed by atoms with Crippen molar-refractivity contribution in [1.29, 1.82) is 0 Å². The van der Waals surface area contributed by atoms with Crippen molar-refractivity contribution >= 4 is 16.9 Å². The van der Waals surface area contributed by atoms with Crippen LogP contribution in [0.4, 0.5) is 0 Å². The third-order valence-electron chi connectivity index (χ3n) is 2.89. The first-order chi connectivity index (χ1) is 7.43. The summed E-state index contributed by atoms with van der Waals surface area (Å²) in [7, 11) is 0. The van der Waals surface area contributed by atoms with Crippen molar-refractivity contribution in [2.45, 2.75) is 26.2 Å². The van der Waals surface area contributed by atoms with E-state index in [-0.39, 0.29) is 0 Å². The van der Waals surface area contributed by atoms with Gasteiger partial charge in [-0.15, -0.1) is 0 Å². The molecule has 0 atom stereocenters. The van der Waals surface area contributed by atoms with E-state index < -0.39 is 11.4 Å². The maximum atomic E-state index is 11.1. The lowest BCUT2D eigenvalue weighted by Crippen LogP contribution is -2.27. The molecule has 1 N–H and O–H groups in total. The van der Waals surface area contributed by atoms with Crippen LogP contribution in [0.2, 0.25) is 0 Å². The molecule has 1 aromatic carbocycles. The molecule has 0 saturated carbocycles. The van der Waals surface area contributed by atoms with E-state index in [0.29, 0.717) is 5.76 Å². The van der Waals surface area contributed by atoms with E-state index in [2.05, 4.69) is 0 Å². The number of benzene rings is 1. The van der Waals surface area contributed by atoms with E-state index >= 15 is 0 Å². The van der Waals surface area contributed by atoms with E-state index in [1.165, 1.54) is 0 Å². The Morgan fingerprint density at radius 3 is 2.62 bits per heavy atom. The van der Waals surface area contributed by atoms with Gasteiger partial charge in [0.1, 0.15) is 16.8 Å². The van der Waals surface area contributed by atoms with Crippen LogP contribution >= 0.6 is 0 Å². The molecular formula is C13H14O3. The molecular weight excluding hydrogens is 204 g/mol. The number of hydrogen-bond acceptors (Lipinski definition) is 2. The fourth-order valence-corrected chi connectivity index (χ4v) is 1.62. The number of carboxylic acid groups (broad SMARTS) is 1. The van der Waals surface area contributed by atoms with Gasteiger partial charge in [0.15, 0.2) is 0 Å². The van der Waals surface area contributed by atoms with Gasteiger partial charge in [-0.1, -0.05) is 18.2 Å². The van der Waals surface area contributed by atoms with Crippen molar-refractivity contribution in [3.05, 3.63) is 35.6 Å². The van der Waals surface area contributed by atoms with E-state index in [0.717, 1.165) is 16.5 Å². The summed E-state index contributed by atoms with van der Waals surface area (Å²) in [4.78, 5) is 11.1. The largest absolute Gasteiger partial charge is 0.481 e. The molecule has 1 aromatic heterocycles. The van der Waals surface area contributed by atoms with E-state index in [9.17, 15) is 4.79 Å². The van der Waals surface area contributed by atoms with Gasteiger partial charge in [-0.05, 0) is 32.4 Å². The molecule has 84 valence electrons. The van der Waals surface area contributed by atoms with E-state index in [4.69, 9.17) is 9.52 Å². The van der Waals surface area contributed by atoms with Crippen molar-refractivity contribution in [3.63, 3.8) is 0 Å². The Hall–Kier alpha value is -1.77. The van der Waals surface area contributed by atoms with Crippen molar-refractivity contribution in [2.24, 2.45) is 0 Å². The van der Waals surface area contributed by atoms with Crippen LogP contribution in [0.15, 0.2) is 28.7 Å². The Morgan fingerprint density at radius 2 is 2.06 bits per heavy atom. The molecule has 3 heteroatoms. The second kappa shape index (κ2) is 3.37. The number of furan rings is 1. The van der Waals surface area contributed by atoms with Gasteiger partial charge < -0.3 is 9.52 Å². The average Bonchev–Trinajstić information content (AvgIpc) is 2.63. The Morgan fingerprint density at radius 1 is 1.38 bits per heavy atom. The number of carbonyl (C=O) groups is 1. The van der Waals surface area contributed by atoms with Crippen LogP contribution in [-0.4, -0.2) is 11.1 Å². The summed E-state index contributed by atoms with van der Waals surface area (Å²) >= 11 is 0. The second-order valence-electron chi connectivity index (χ2n) is 4.53. The molecule has 16 heavy (non-hydrogen) atoms. The number of aryl methyl sites for hydroxylation is 1. The molecule has 0 aliphatic heterocycles. The Kier molecular flexibility index (Phi) is 2.26. The fourth-order valence-electron chi connectivity index (χ4n) is 1.62. The van der Waals surface area contributed by atoms with Gasteiger partial charge in [-0.3, -0.25) is 4.79 Å². The quantitative estimate of drug-likeness (QED) is 0.842. The highest BCUT2D eigenvalue weighted by Gasteiger charge is 2.33. The van der Waals surface area contributed by atoms with Gasteiger partial charge in [0, 0.05) is 5.39 Å². The fraction of sp³-hybridized carbons (Fsp3) is 0.308. The topological polar surface area (TPSA) is 50.4 Å². The van der Waals surface area contributed by atoms with Crippen LogP contribution in [0.3, 0.4) is 0 Å². The van der Waals surface area contributed by atoms with Gasteiger partial charge in [0.25, 0.3) is 0 Å². The van der Waals surface area contributed by atoms with Crippen molar-refractivity contribution in [3.8, 4) is 0 Å². The zero-order valence-corrected chi connectivity index (χ0v) is 9.57. The summed E-state index contributed by atoms with van der Waals surface area (Å²) in [6.07, 6.45) is 0. The SMILES string of the molecule is Cc1cccc2cc(C(C)(C)C(=O)O)oc12. The first kappa shape index (κ1) is 10.7. The summed E-state index contributed by atoms with van der Waals surface area (Å²) in [6.45, 7) is 5.23. The maximum absolute atomic E-state index is 11.1. The van der Waals surface area contributed by atoms with Crippen LogP contribution in [0.25, 0.3) is 11.0 Å². The first-order valence-corrected chi connectivity index (χ1v) is 5.16. The Bertz CT molecular complexity index is 549. The predicted molar refractivity (Wildman–Crippen MR) is 61.6 cm³/mol. The highest BCUT2D eigenvalue weighted by molar-refractivity contribution is 5.85. The zero-order valence-electron chi connectivity index (χ0n) is 9.57. The predicted octanol–water partition coefficient (Wildman–Crippen LogP) is 3.10. The van der Waals surface area contributed by atoms with Gasteiger partial charge in [0.2, 0.25) is 0 Å². The number of para-hydroxylation sites is 1. The van der Waals surface area contributed by atoms with Gasteiger partial charge >= 0.3 is 5.97 Å². The second-order valence-corrected chi connectivity index (χ2v) is 4.53. The van der Waals surface area contributed by atoms with E-state index in [1.807, 2.05) is 25.1 Å². The molecule has 0 aliphatic rings. The third-order valence-corrected chi connectivity index (χ3v) is 2.89. The summed E-state index contributed by atoms with van der Waals surface area (Å²) in [5.74, 6) is -0.395. The maximum Gasteiger partial charge on any atom is 0.316 e. The number of carboxylic acids is 1. The minimum Gasteiger partial charge on any atom is -0.481 e. The number of hydrogen-bond donors (Lipinski definition) is 1. The van der Waals surface area contributed by atoms with Crippen LogP contribution in [0, 0.1) is 6.92 Å². The summed E-state index contributed by atoms with van der Waals surface area (Å²) in [6, 6.07) is 7.61. The van der Waals surface area contributed by atoms with Crippen LogP contribution < -0.4 is 0 Å². The molecule has 0 spiro atoms. The van der Waals surface area contributed by atoms with Gasteiger partial charge in [-0.25, -0.2) is 0 Å². The Balaban J connectivity index is 2.64. The zero-order chi connectivity index (χ0) is 11.9. The van der Waals surface area contributed by atoms with Crippen LogP contribution in [0.1, 0.15) is 25.2 Å². The Labute approximate surface area is 93.7 Å². The normalized spacial score (nSPS) is 11.9. The lowest BCUT2D eigenvalue weighted by atomic mass is 9.90. The summed E-state index contributed by atoms with van der Waals surface area (Å²) < 4.78 is 5.64. The molecule has 1 heterocycles. The molecule has 0 aliphatic carbocycles.